The van der Waals surface area contributed by atoms with Crippen LogP contribution in [0.3, 0.4) is 0 Å². The van der Waals surface area contributed by atoms with Gasteiger partial charge in [-0.25, -0.2) is 8.42 Å². The standard InChI is InChI=1S/C28H26N4O5S/c1-37-25-14-12-23(13-15-25)31-38(35,36)26-16-17-27(28(20-26)32(33)34)30-29-24(18-21-8-4-2-5-9-21)19-22-10-6-3-7-11-22/h2-17,20,30-31H,18-19H2,1H3. The van der Waals surface area contributed by atoms with Crippen LogP contribution < -0.4 is 14.9 Å². The summed E-state index contributed by atoms with van der Waals surface area (Å²) in [5.74, 6) is 0.568. The number of methoxy groups -OCH3 is 1. The van der Waals surface area contributed by atoms with E-state index in [1.165, 1.54) is 31.4 Å². The van der Waals surface area contributed by atoms with Gasteiger partial charge in [0, 0.05) is 30.3 Å². The molecule has 0 aliphatic heterocycles. The molecule has 0 heterocycles. The Labute approximate surface area is 221 Å². The fourth-order valence-electron chi connectivity index (χ4n) is 3.74. The average molecular weight is 531 g/mol. The van der Waals surface area contributed by atoms with Gasteiger partial charge >= 0.3 is 0 Å². The van der Waals surface area contributed by atoms with Gasteiger partial charge in [-0.1, -0.05) is 60.7 Å². The second kappa shape index (κ2) is 12.0. The van der Waals surface area contributed by atoms with Crippen molar-refractivity contribution in [3.05, 3.63) is 124 Å². The molecule has 10 heteroatoms. The summed E-state index contributed by atoms with van der Waals surface area (Å²) in [4.78, 5) is 11.0. The molecule has 38 heavy (non-hydrogen) atoms. The van der Waals surface area contributed by atoms with E-state index < -0.39 is 20.6 Å². The molecule has 0 aromatic heterocycles. The Kier molecular flexibility index (Phi) is 8.34. The molecule has 0 bridgehead atoms. The van der Waals surface area contributed by atoms with Crippen LogP contribution in [0.2, 0.25) is 0 Å². The highest BCUT2D eigenvalue weighted by molar-refractivity contribution is 7.92. The van der Waals surface area contributed by atoms with Crippen LogP contribution in [0.5, 0.6) is 5.75 Å². The molecule has 0 saturated carbocycles. The van der Waals surface area contributed by atoms with Crippen LogP contribution in [0.25, 0.3) is 0 Å². The van der Waals surface area contributed by atoms with Gasteiger partial charge in [0.1, 0.15) is 11.4 Å². The minimum Gasteiger partial charge on any atom is -0.497 e. The van der Waals surface area contributed by atoms with Crippen molar-refractivity contribution in [3.63, 3.8) is 0 Å². The predicted octanol–water partition coefficient (Wildman–Crippen LogP) is 5.66. The molecule has 0 aliphatic rings. The minimum absolute atomic E-state index is 0.0806. The molecule has 0 saturated heterocycles. The third-order valence-corrected chi connectivity index (χ3v) is 7.03. The number of hydrogen-bond acceptors (Lipinski definition) is 7. The monoisotopic (exact) mass is 530 g/mol. The first kappa shape index (κ1) is 26.4. The van der Waals surface area contributed by atoms with Gasteiger partial charge in [-0.05, 0) is 47.5 Å². The lowest BCUT2D eigenvalue weighted by Gasteiger charge is -2.11. The molecule has 4 rings (SSSR count). The van der Waals surface area contributed by atoms with Crippen LogP contribution in [0.15, 0.2) is 113 Å². The first-order valence-corrected chi connectivity index (χ1v) is 13.2. The maximum absolute atomic E-state index is 12.9. The summed E-state index contributed by atoms with van der Waals surface area (Å²) in [5, 5.41) is 16.3. The fourth-order valence-corrected chi connectivity index (χ4v) is 4.82. The summed E-state index contributed by atoms with van der Waals surface area (Å²) >= 11 is 0. The highest BCUT2D eigenvalue weighted by Gasteiger charge is 2.22. The second-order valence-electron chi connectivity index (χ2n) is 8.38. The number of hydrazone groups is 1. The topological polar surface area (TPSA) is 123 Å². The largest absolute Gasteiger partial charge is 0.497 e. The smallest absolute Gasteiger partial charge is 0.295 e. The van der Waals surface area contributed by atoms with Gasteiger partial charge in [-0.2, -0.15) is 5.10 Å². The first-order chi connectivity index (χ1) is 18.3. The predicted molar refractivity (Wildman–Crippen MR) is 148 cm³/mol. The summed E-state index contributed by atoms with van der Waals surface area (Å²) in [6.45, 7) is 0. The molecular formula is C28H26N4O5S. The average Bonchev–Trinajstić information content (AvgIpc) is 2.93. The molecule has 0 spiro atoms. The zero-order chi connectivity index (χ0) is 27.0. The Morgan fingerprint density at radius 3 is 1.97 bits per heavy atom. The van der Waals surface area contributed by atoms with E-state index in [0.29, 0.717) is 24.3 Å². The van der Waals surface area contributed by atoms with Gasteiger partial charge in [-0.15, -0.1) is 0 Å². The SMILES string of the molecule is COc1ccc(NS(=O)(=O)c2ccc(NN=C(Cc3ccccc3)Cc3ccccc3)c([N+](=O)[O-])c2)cc1. The van der Waals surface area contributed by atoms with E-state index in [1.807, 2.05) is 60.7 Å². The molecule has 0 radical (unpaired) electrons. The molecule has 0 unspecified atom stereocenters. The summed E-state index contributed by atoms with van der Waals surface area (Å²) < 4.78 is 33.3. The molecule has 0 atom stereocenters. The number of ether oxygens (including phenoxy) is 1. The van der Waals surface area contributed by atoms with Crippen molar-refractivity contribution in [3.8, 4) is 5.75 Å². The van der Waals surface area contributed by atoms with Gasteiger partial charge < -0.3 is 4.74 Å². The number of nitro benzene ring substituents is 1. The lowest BCUT2D eigenvalue weighted by molar-refractivity contribution is -0.384. The molecule has 2 N–H and O–H groups in total. The van der Waals surface area contributed by atoms with E-state index in [0.717, 1.165) is 22.9 Å². The molecule has 9 nitrogen and oxygen atoms in total. The van der Waals surface area contributed by atoms with Crippen molar-refractivity contribution in [2.24, 2.45) is 5.10 Å². The number of sulfonamides is 1. The van der Waals surface area contributed by atoms with Crippen molar-refractivity contribution >= 4 is 32.8 Å². The van der Waals surface area contributed by atoms with E-state index >= 15 is 0 Å². The van der Waals surface area contributed by atoms with Gasteiger partial charge in [0.2, 0.25) is 0 Å². The number of nitro groups is 1. The van der Waals surface area contributed by atoms with Crippen molar-refractivity contribution in [1.29, 1.82) is 0 Å². The molecule has 194 valence electrons. The van der Waals surface area contributed by atoms with Crippen LogP contribution in [0.4, 0.5) is 17.1 Å². The van der Waals surface area contributed by atoms with E-state index in [2.05, 4.69) is 15.2 Å². The second-order valence-corrected chi connectivity index (χ2v) is 10.1. The number of hydrogen-bond donors (Lipinski definition) is 2. The molecule has 0 amide bonds. The Bertz CT molecular complexity index is 1480. The number of nitrogens with zero attached hydrogens (tertiary/aromatic N) is 2. The van der Waals surface area contributed by atoms with Crippen molar-refractivity contribution in [2.45, 2.75) is 17.7 Å². The number of anilines is 2. The summed E-state index contributed by atoms with van der Waals surface area (Å²) in [7, 11) is -2.57. The van der Waals surface area contributed by atoms with Gasteiger partial charge in [0.25, 0.3) is 15.7 Å². The van der Waals surface area contributed by atoms with Crippen LogP contribution in [0, 0.1) is 10.1 Å². The maximum Gasteiger partial charge on any atom is 0.295 e. The Morgan fingerprint density at radius 2 is 1.45 bits per heavy atom. The fraction of sp³-hybridized carbons (Fsp3) is 0.107. The lowest BCUT2D eigenvalue weighted by Crippen LogP contribution is -2.14. The van der Waals surface area contributed by atoms with Crippen LogP contribution in [-0.4, -0.2) is 26.2 Å². The van der Waals surface area contributed by atoms with E-state index in [1.54, 1.807) is 12.1 Å². The van der Waals surface area contributed by atoms with Gasteiger partial charge in [0.05, 0.1) is 16.9 Å². The molecular weight excluding hydrogens is 504 g/mol. The molecule has 4 aromatic carbocycles. The lowest BCUT2D eigenvalue weighted by atomic mass is 10.0. The third-order valence-electron chi connectivity index (χ3n) is 5.65. The van der Waals surface area contributed by atoms with Crippen molar-refractivity contribution < 1.29 is 18.1 Å². The number of rotatable bonds is 11. The third kappa shape index (κ3) is 6.95. The van der Waals surface area contributed by atoms with Gasteiger partial charge in [-0.3, -0.25) is 20.3 Å². The summed E-state index contributed by atoms with van der Waals surface area (Å²) in [6, 6.07) is 29.5. The molecule has 0 fully saturated rings. The van der Waals surface area contributed by atoms with Crippen LogP contribution in [0.1, 0.15) is 11.1 Å². The maximum atomic E-state index is 12.9. The van der Waals surface area contributed by atoms with E-state index in [4.69, 9.17) is 4.74 Å². The summed E-state index contributed by atoms with van der Waals surface area (Å²) in [5.41, 5.74) is 5.61. The zero-order valence-corrected chi connectivity index (χ0v) is 21.4. The molecule has 0 aliphatic carbocycles. The van der Waals surface area contributed by atoms with E-state index in [9.17, 15) is 18.5 Å². The zero-order valence-electron chi connectivity index (χ0n) is 20.6. The number of benzene rings is 4. The van der Waals surface area contributed by atoms with Crippen molar-refractivity contribution in [2.75, 3.05) is 17.3 Å². The summed E-state index contributed by atoms with van der Waals surface area (Å²) in [6.07, 6.45) is 1.07. The quantitative estimate of drug-likeness (QED) is 0.147. The first-order valence-electron chi connectivity index (χ1n) is 11.7. The minimum atomic E-state index is -4.08. The van der Waals surface area contributed by atoms with E-state index in [-0.39, 0.29) is 10.6 Å². The van der Waals surface area contributed by atoms with Crippen LogP contribution >= 0.6 is 0 Å². The molecule has 4 aromatic rings. The normalized spacial score (nSPS) is 10.9. The van der Waals surface area contributed by atoms with Crippen molar-refractivity contribution in [1.82, 2.24) is 0 Å². The Morgan fingerprint density at radius 1 is 0.868 bits per heavy atom. The highest BCUT2D eigenvalue weighted by atomic mass is 32.2. The highest BCUT2D eigenvalue weighted by Crippen LogP contribution is 2.29. The Hall–Kier alpha value is -4.70. The number of nitrogens with one attached hydrogen (secondary N) is 2. The Balaban J connectivity index is 1.59. The van der Waals surface area contributed by atoms with Gasteiger partial charge in [0.15, 0.2) is 0 Å². The van der Waals surface area contributed by atoms with Crippen LogP contribution in [-0.2, 0) is 22.9 Å².